The lowest BCUT2D eigenvalue weighted by Gasteiger charge is -2.44. The Balaban J connectivity index is 1.70. The van der Waals surface area contributed by atoms with Gasteiger partial charge in [0, 0.05) is 38.1 Å². The summed E-state index contributed by atoms with van der Waals surface area (Å²) in [7, 11) is 0. The molecule has 2 aliphatic rings. The maximum absolute atomic E-state index is 11.5. The van der Waals surface area contributed by atoms with Gasteiger partial charge in [0.25, 0.3) is 0 Å². The lowest BCUT2D eigenvalue weighted by Crippen LogP contribution is -2.55. The summed E-state index contributed by atoms with van der Waals surface area (Å²) in [5, 5.41) is 3.14. The fourth-order valence-electron chi connectivity index (χ4n) is 3.59. The third-order valence-electron chi connectivity index (χ3n) is 4.70. The van der Waals surface area contributed by atoms with Crippen LogP contribution in [0.4, 0.5) is 0 Å². The van der Waals surface area contributed by atoms with E-state index < -0.39 is 0 Å². The van der Waals surface area contributed by atoms with Crippen molar-refractivity contribution in [1.82, 2.24) is 10.2 Å². The SMILES string of the molecule is NCC(c1ccccc1)N1CCC2NC(=O)CCC2C1. The minimum absolute atomic E-state index is 0.220. The van der Waals surface area contributed by atoms with Gasteiger partial charge >= 0.3 is 0 Å². The zero-order valence-corrected chi connectivity index (χ0v) is 11.8. The van der Waals surface area contributed by atoms with E-state index in [1.54, 1.807) is 0 Å². The molecule has 1 aromatic rings. The highest BCUT2D eigenvalue weighted by Crippen LogP contribution is 2.30. The number of nitrogens with two attached hydrogens (primary N) is 1. The van der Waals surface area contributed by atoms with Gasteiger partial charge in [0.05, 0.1) is 0 Å². The molecular formula is C16H23N3O. The molecule has 2 heterocycles. The van der Waals surface area contributed by atoms with E-state index in [-0.39, 0.29) is 5.91 Å². The van der Waals surface area contributed by atoms with Crippen LogP contribution >= 0.6 is 0 Å². The van der Waals surface area contributed by atoms with Crippen molar-refractivity contribution in [2.75, 3.05) is 19.6 Å². The predicted molar refractivity (Wildman–Crippen MR) is 79.1 cm³/mol. The van der Waals surface area contributed by atoms with E-state index >= 15 is 0 Å². The summed E-state index contributed by atoms with van der Waals surface area (Å²) in [5.74, 6) is 0.803. The van der Waals surface area contributed by atoms with Crippen LogP contribution in [0.2, 0.25) is 0 Å². The summed E-state index contributed by atoms with van der Waals surface area (Å²) < 4.78 is 0. The molecule has 4 nitrogen and oxygen atoms in total. The molecule has 1 amide bonds. The Labute approximate surface area is 120 Å². The molecule has 3 N–H and O–H groups in total. The topological polar surface area (TPSA) is 58.4 Å². The zero-order valence-electron chi connectivity index (χ0n) is 11.8. The highest BCUT2D eigenvalue weighted by molar-refractivity contribution is 5.77. The molecule has 2 fully saturated rings. The predicted octanol–water partition coefficient (Wildman–Crippen LogP) is 1.29. The molecule has 0 saturated carbocycles. The van der Waals surface area contributed by atoms with Crippen LogP contribution in [-0.2, 0) is 4.79 Å². The zero-order chi connectivity index (χ0) is 13.9. The Kier molecular flexibility index (Phi) is 4.03. The molecule has 4 heteroatoms. The van der Waals surface area contributed by atoms with Crippen molar-refractivity contribution in [2.24, 2.45) is 11.7 Å². The van der Waals surface area contributed by atoms with Crippen LogP contribution < -0.4 is 11.1 Å². The number of carbonyl (C=O) groups excluding carboxylic acids is 1. The average molecular weight is 273 g/mol. The van der Waals surface area contributed by atoms with Gasteiger partial charge in [-0.05, 0) is 24.3 Å². The van der Waals surface area contributed by atoms with Gasteiger partial charge in [-0.3, -0.25) is 9.69 Å². The minimum atomic E-state index is 0.220. The van der Waals surface area contributed by atoms with E-state index in [1.807, 2.05) is 6.07 Å². The first kappa shape index (κ1) is 13.6. The van der Waals surface area contributed by atoms with E-state index in [9.17, 15) is 4.79 Å². The van der Waals surface area contributed by atoms with E-state index in [0.29, 0.717) is 31.0 Å². The van der Waals surface area contributed by atoms with Crippen LogP contribution in [0, 0.1) is 5.92 Å². The summed E-state index contributed by atoms with van der Waals surface area (Å²) in [6.07, 6.45) is 2.73. The van der Waals surface area contributed by atoms with Crippen molar-refractivity contribution < 1.29 is 4.79 Å². The second kappa shape index (κ2) is 5.94. The number of rotatable bonds is 3. The number of piperidine rings is 2. The van der Waals surface area contributed by atoms with Gasteiger partial charge in [0.1, 0.15) is 0 Å². The molecule has 2 aliphatic heterocycles. The van der Waals surface area contributed by atoms with Crippen LogP contribution in [0.25, 0.3) is 0 Å². The van der Waals surface area contributed by atoms with E-state index in [4.69, 9.17) is 5.73 Å². The summed E-state index contributed by atoms with van der Waals surface area (Å²) in [6.45, 7) is 2.70. The first-order chi connectivity index (χ1) is 9.78. The lowest BCUT2D eigenvalue weighted by atomic mass is 9.84. The Morgan fingerprint density at radius 2 is 2.10 bits per heavy atom. The molecule has 0 aromatic heterocycles. The number of hydrogen-bond acceptors (Lipinski definition) is 3. The number of hydrogen-bond donors (Lipinski definition) is 2. The largest absolute Gasteiger partial charge is 0.353 e. The number of benzene rings is 1. The van der Waals surface area contributed by atoms with Crippen LogP contribution in [0.5, 0.6) is 0 Å². The summed E-state index contributed by atoms with van der Waals surface area (Å²) in [4.78, 5) is 14.0. The smallest absolute Gasteiger partial charge is 0.220 e. The number of carbonyl (C=O) groups is 1. The maximum Gasteiger partial charge on any atom is 0.220 e. The third kappa shape index (κ3) is 2.72. The standard InChI is InChI=1S/C16H23N3O/c17-10-15(12-4-2-1-3-5-12)19-9-8-14-13(11-19)6-7-16(20)18-14/h1-5,13-15H,6-11,17H2,(H,18,20). The molecule has 1 aromatic carbocycles. The number of nitrogens with zero attached hydrogens (tertiary/aromatic N) is 1. The van der Waals surface area contributed by atoms with Crippen molar-refractivity contribution >= 4 is 5.91 Å². The Morgan fingerprint density at radius 1 is 1.30 bits per heavy atom. The monoisotopic (exact) mass is 273 g/mol. The molecule has 108 valence electrons. The lowest BCUT2D eigenvalue weighted by molar-refractivity contribution is -0.125. The number of fused-ring (bicyclic) bond motifs is 1. The Hall–Kier alpha value is -1.39. The average Bonchev–Trinajstić information content (AvgIpc) is 2.49. The van der Waals surface area contributed by atoms with Gasteiger partial charge in [-0.2, -0.15) is 0 Å². The van der Waals surface area contributed by atoms with Gasteiger partial charge in [-0.1, -0.05) is 30.3 Å². The van der Waals surface area contributed by atoms with Crippen molar-refractivity contribution in [3.05, 3.63) is 35.9 Å². The van der Waals surface area contributed by atoms with E-state index in [0.717, 1.165) is 25.9 Å². The first-order valence-electron chi connectivity index (χ1n) is 7.56. The highest BCUT2D eigenvalue weighted by Gasteiger charge is 2.35. The molecule has 3 atom stereocenters. The summed E-state index contributed by atoms with van der Waals surface area (Å²) in [5.41, 5.74) is 7.31. The normalized spacial score (nSPS) is 28.6. The molecule has 0 radical (unpaired) electrons. The summed E-state index contributed by atoms with van der Waals surface area (Å²) in [6, 6.07) is 11.2. The van der Waals surface area contributed by atoms with Crippen molar-refractivity contribution in [3.63, 3.8) is 0 Å². The molecule has 0 bridgehead atoms. The Bertz CT molecular complexity index is 462. The molecule has 0 spiro atoms. The van der Waals surface area contributed by atoms with Crippen LogP contribution in [0.15, 0.2) is 30.3 Å². The van der Waals surface area contributed by atoms with Crippen LogP contribution in [-0.4, -0.2) is 36.5 Å². The van der Waals surface area contributed by atoms with Gasteiger partial charge < -0.3 is 11.1 Å². The molecule has 3 unspecified atom stereocenters. The van der Waals surface area contributed by atoms with Crippen molar-refractivity contribution in [2.45, 2.75) is 31.3 Å². The summed E-state index contributed by atoms with van der Waals surface area (Å²) >= 11 is 0. The Morgan fingerprint density at radius 3 is 2.85 bits per heavy atom. The first-order valence-corrected chi connectivity index (χ1v) is 7.56. The van der Waals surface area contributed by atoms with E-state index in [1.165, 1.54) is 5.56 Å². The van der Waals surface area contributed by atoms with Gasteiger partial charge in [0.2, 0.25) is 5.91 Å². The molecule has 0 aliphatic carbocycles. The molecular weight excluding hydrogens is 250 g/mol. The minimum Gasteiger partial charge on any atom is -0.353 e. The fourth-order valence-corrected chi connectivity index (χ4v) is 3.59. The van der Waals surface area contributed by atoms with Gasteiger partial charge in [-0.25, -0.2) is 0 Å². The number of likely N-dealkylation sites (tertiary alicyclic amines) is 1. The molecule has 20 heavy (non-hydrogen) atoms. The second-order valence-electron chi connectivity index (χ2n) is 5.92. The number of amides is 1. The second-order valence-corrected chi connectivity index (χ2v) is 5.92. The highest BCUT2D eigenvalue weighted by atomic mass is 16.1. The fraction of sp³-hybridized carbons (Fsp3) is 0.562. The molecule has 3 rings (SSSR count). The van der Waals surface area contributed by atoms with Gasteiger partial charge in [0.15, 0.2) is 0 Å². The molecule has 2 saturated heterocycles. The van der Waals surface area contributed by atoms with Gasteiger partial charge in [-0.15, -0.1) is 0 Å². The third-order valence-corrected chi connectivity index (χ3v) is 4.70. The van der Waals surface area contributed by atoms with Crippen molar-refractivity contribution in [3.8, 4) is 0 Å². The maximum atomic E-state index is 11.5. The van der Waals surface area contributed by atoms with Crippen LogP contribution in [0.3, 0.4) is 0 Å². The number of nitrogens with one attached hydrogen (secondary N) is 1. The van der Waals surface area contributed by atoms with E-state index in [2.05, 4.69) is 34.5 Å². The quantitative estimate of drug-likeness (QED) is 0.872. The van der Waals surface area contributed by atoms with Crippen LogP contribution in [0.1, 0.15) is 30.9 Å². The van der Waals surface area contributed by atoms with Crippen molar-refractivity contribution in [1.29, 1.82) is 0 Å².